The van der Waals surface area contributed by atoms with E-state index in [1.165, 1.54) is 24.4 Å². The van der Waals surface area contributed by atoms with Crippen molar-refractivity contribution in [2.45, 2.75) is 6.42 Å². The van der Waals surface area contributed by atoms with Gasteiger partial charge in [-0.05, 0) is 41.8 Å². The van der Waals surface area contributed by atoms with Gasteiger partial charge in [-0.1, -0.05) is 30.3 Å². The minimum Gasteiger partial charge on any atom is -0.338 e. The highest BCUT2D eigenvalue weighted by molar-refractivity contribution is 5.75. The third-order valence-corrected chi connectivity index (χ3v) is 3.00. The zero-order chi connectivity index (χ0) is 15.8. The Morgan fingerprint density at radius 3 is 2.50 bits per heavy atom. The number of hydrogen-bond acceptors (Lipinski definition) is 1. The van der Waals surface area contributed by atoms with Crippen LogP contribution in [0.25, 0.3) is 6.08 Å². The molecular formula is C17H16F2N2O. The average molecular weight is 302 g/mol. The zero-order valence-corrected chi connectivity index (χ0v) is 11.9. The van der Waals surface area contributed by atoms with Gasteiger partial charge in [0, 0.05) is 12.7 Å². The van der Waals surface area contributed by atoms with Crippen LogP contribution in [0.15, 0.2) is 54.7 Å². The molecule has 2 rings (SSSR count). The summed E-state index contributed by atoms with van der Waals surface area (Å²) in [5.74, 6) is -0.586. The molecule has 2 amide bonds. The number of nitrogens with one attached hydrogen (secondary N) is 2. The molecule has 5 heteroatoms. The highest BCUT2D eigenvalue weighted by Gasteiger charge is 2.01. The van der Waals surface area contributed by atoms with Crippen molar-refractivity contribution in [3.63, 3.8) is 0 Å². The largest absolute Gasteiger partial charge is 0.338 e. The molecule has 22 heavy (non-hydrogen) atoms. The molecule has 0 aliphatic rings. The molecule has 0 fully saturated rings. The molecule has 0 atom stereocenters. The maximum atomic E-state index is 13.4. The van der Waals surface area contributed by atoms with Gasteiger partial charge >= 0.3 is 6.03 Å². The molecule has 0 aliphatic heterocycles. The third-order valence-electron chi connectivity index (χ3n) is 3.00. The highest BCUT2D eigenvalue weighted by atomic mass is 19.1. The topological polar surface area (TPSA) is 41.1 Å². The van der Waals surface area contributed by atoms with E-state index in [0.29, 0.717) is 18.5 Å². The number of amides is 2. The second kappa shape index (κ2) is 7.93. The van der Waals surface area contributed by atoms with Gasteiger partial charge in [0.2, 0.25) is 0 Å². The molecule has 2 N–H and O–H groups in total. The zero-order valence-electron chi connectivity index (χ0n) is 11.9. The summed E-state index contributed by atoms with van der Waals surface area (Å²) >= 11 is 0. The minimum atomic E-state index is -0.380. The Kier molecular flexibility index (Phi) is 5.65. The van der Waals surface area contributed by atoms with Crippen LogP contribution in [0.5, 0.6) is 0 Å². The van der Waals surface area contributed by atoms with E-state index in [2.05, 4.69) is 10.6 Å². The first-order chi connectivity index (χ1) is 10.6. The van der Waals surface area contributed by atoms with Crippen molar-refractivity contribution in [2.24, 2.45) is 0 Å². The van der Waals surface area contributed by atoms with Gasteiger partial charge in [0.25, 0.3) is 0 Å². The van der Waals surface area contributed by atoms with Crippen molar-refractivity contribution in [2.75, 3.05) is 6.54 Å². The molecule has 0 radical (unpaired) electrons. The normalized spacial score (nSPS) is 10.6. The summed E-state index contributed by atoms with van der Waals surface area (Å²) in [6.45, 7) is 0.331. The summed E-state index contributed by atoms with van der Waals surface area (Å²) in [5.41, 5.74) is 1.33. The maximum Gasteiger partial charge on any atom is 0.318 e. The molecule has 0 saturated heterocycles. The van der Waals surface area contributed by atoms with Crippen molar-refractivity contribution < 1.29 is 13.6 Å². The molecule has 0 aromatic heterocycles. The van der Waals surface area contributed by atoms with Gasteiger partial charge in [0.1, 0.15) is 11.6 Å². The summed E-state index contributed by atoms with van der Waals surface area (Å²) in [5, 5.41) is 5.15. The van der Waals surface area contributed by atoms with E-state index in [0.717, 1.165) is 5.56 Å². The van der Waals surface area contributed by atoms with Crippen molar-refractivity contribution in [3.8, 4) is 0 Å². The Balaban J connectivity index is 1.72. The van der Waals surface area contributed by atoms with Crippen LogP contribution in [-0.2, 0) is 6.42 Å². The maximum absolute atomic E-state index is 13.4. The van der Waals surface area contributed by atoms with Crippen LogP contribution < -0.4 is 10.6 Å². The molecule has 0 aliphatic carbocycles. The van der Waals surface area contributed by atoms with Gasteiger partial charge in [-0.15, -0.1) is 0 Å². The second-order valence-electron chi connectivity index (χ2n) is 4.63. The van der Waals surface area contributed by atoms with Crippen LogP contribution >= 0.6 is 0 Å². The predicted octanol–water partition coefficient (Wildman–Crippen LogP) is 3.48. The van der Waals surface area contributed by atoms with E-state index in [1.54, 1.807) is 36.4 Å². The van der Waals surface area contributed by atoms with E-state index >= 15 is 0 Å². The molecule has 0 bridgehead atoms. The fourth-order valence-corrected chi connectivity index (χ4v) is 1.85. The fraction of sp³-hybridized carbons (Fsp3) is 0.118. The number of hydrogen-bond donors (Lipinski definition) is 2. The van der Waals surface area contributed by atoms with Gasteiger partial charge in [-0.2, -0.15) is 0 Å². The van der Waals surface area contributed by atoms with E-state index in [9.17, 15) is 13.6 Å². The quantitative estimate of drug-likeness (QED) is 0.872. The van der Waals surface area contributed by atoms with Crippen molar-refractivity contribution in [3.05, 3.63) is 77.5 Å². The first kappa shape index (κ1) is 15.7. The van der Waals surface area contributed by atoms with Gasteiger partial charge in [0.05, 0.1) is 0 Å². The number of urea groups is 1. The van der Waals surface area contributed by atoms with Crippen LogP contribution in [0, 0.1) is 11.6 Å². The SMILES string of the molecule is O=C(N/C=C/c1ccc(F)cc1)NCCc1ccccc1F. The standard InChI is InChI=1S/C17H16F2N2O/c18-15-7-5-13(6-8-15)9-11-20-17(22)21-12-10-14-3-1-2-4-16(14)19/h1-9,11H,10,12H2,(H2,20,21,22)/b11-9+. The minimum absolute atomic E-state index is 0.277. The summed E-state index contributed by atoms with van der Waals surface area (Å²) in [6.07, 6.45) is 3.53. The van der Waals surface area contributed by atoms with Crippen LogP contribution in [0.2, 0.25) is 0 Å². The first-order valence-electron chi connectivity index (χ1n) is 6.85. The molecule has 0 spiro atoms. The third kappa shape index (κ3) is 5.01. The number of benzene rings is 2. The summed E-state index contributed by atoms with van der Waals surface area (Å²) in [7, 11) is 0. The van der Waals surface area contributed by atoms with Crippen LogP contribution in [0.3, 0.4) is 0 Å². The van der Waals surface area contributed by atoms with E-state index in [1.807, 2.05) is 0 Å². The smallest absolute Gasteiger partial charge is 0.318 e. The summed E-state index contributed by atoms with van der Waals surface area (Å²) < 4.78 is 26.1. The monoisotopic (exact) mass is 302 g/mol. The van der Waals surface area contributed by atoms with Gasteiger partial charge in [0.15, 0.2) is 0 Å². The molecule has 2 aromatic rings. The number of carbonyl (C=O) groups excluding carboxylic acids is 1. The Morgan fingerprint density at radius 1 is 1.05 bits per heavy atom. The fourth-order valence-electron chi connectivity index (χ4n) is 1.85. The second-order valence-corrected chi connectivity index (χ2v) is 4.63. The van der Waals surface area contributed by atoms with Gasteiger partial charge in [-0.25, -0.2) is 13.6 Å². The highest BCUT2D eigenvalue weighted by Crippen LogP contribution is 2.06. The molecule has 114 valence electrons. The Hall–Kier alpha value is -2.69. The summed E-state index contributed by atoms with van der Waals surface area (Å²) in [4.78, 5) is 11.5. The van der Waals surface area contributed by atoms with Crippen molar-refractivity contribution in [1.29, 1.82) is 0 Å². The molecule has 0 unspecified atom stereocenters. The Bertz CT molecular complexity index is 654. The van der Waals surface area contributed by atoms with Gasteiger partial charge < -0.3 is 10.6 Å². The molecule has 3 nitrogen and oxygen atoms in total. The van der Waals surface area contributed by atoms with E-state index in [4.69, 9.17) is 0 Å². The van der Waals surface area contributed by atoms with Crippen LogP contribution in [-0.4, -0.2) is 12.6 Å². The molecule has 2 aromatic carbocycles. The lowest BCUT2D eigenvalue weighted by Crippen LogP contribution is -2.33. The van der Waals surface area contributed by atoms with E-state index < -0.39 is 0 Å². The lowest BCUT2D eigenvalue weighted by Gasteiger charge is -2.05. The first-order valence-corrected chi connectivity index (χ1v) is 6.85. The van der Waals surface area contributed by atoms with E-state index in [-0.39, 0.29) is 17.7 Å². The average Bonchev–Trinajstić information content (AvgIpc) is 2.51. The number of rotatable bonds is 5. The Labute approximate surface area is 127 Å². The molecule has 0 saturated carbocycles. The van der Waals surface area contributed by atoms with Crippen molar-refractivity contribution in [1.82, 2.24) is 10.6 Å². The van der Waals surface area contributed by atoms with Gasteiger partial charge in [-0.3, -0.25) is 0 Å². The molecule has 0 heterocycles. The predicted molar refractivity (Wildman–Crippen MR) is 82.1 cm³/mol. The van der Waals surface area contributed by atoms with Crippen molar-refractivity contribution >= 4 is 12.1 Å². The lowest BCUT2D eigenvalue weighted by molar-refractivity contribution is 0.244. The lowest BCUT2D eigenvalue weighted by atomic mass is 10.1. The summed E-state index contributed by atoms with van der Waals surface area (Å²) in [6, 6.07) is 12.0. The number of halogens is 2. The van der Waals surface area contributed by atoms with Crippen LogP contribution in [0.4, 0.5) is 13.6 Å². The Morgan fingerprint density at radius 2 is 1.77 bits per heavy atom. The van der Waals surface area contributed by atoms with Crippen LogP contribution in [0.1, 0.15) is 11.1 Å². The molecular weight excluding hydrogens is 286 g/mol. The number of carbonyl (C=O) groups is 1.